The Labute approximate surface area is 168 Å². The van der Waals surface area contributed by atoms with Gasteiger partial charge in [-0.25, -0.2) is 0 Å². The Bertz CT molecular complexity index is 912. The molecule has 1 aromatic carbocycles. The fourth-order valence-corrected chi connectivity index (χ4v) is 3.32. The molecule has 0 saturated carbocycles. The molecule has 0 aliphatic carbocycles. The molecule has 0 bridgehead atoms. The SMILES string of the molecule is N#C[C@@H]1CCCN1C(=O)CNC(=O)c1ccnc2ccc(OCCCCl)cc12. The van der Waals surface area contributed by atoms with Gasteiger partial charge in [-0.1, -0.05) is 0 Å². The average Bonchev–Trinajstić information content (AvgIpc) is 3.20. The van der Waals surface area contributed by atoms with Gasteiger partial charge in [0.1, 0.15) is 11.8 Å². The van der Waals surface area contributed by atoms with Gasteiger partial charge in [0.15, 0.2) is 0 Å². The van der Waals surface area contributed by atoms with Crippen LogP contribution in [0.1, 0.15) is 29.6 Å². The number of carbonyl (C=O) groups is 2. The maximum atomic E-state index is 12.7. The van der Waals surface area contributed by atoms with Gasteiger partial charge in [0.05, 0.1) is 30.3 Å². The molecule has 2 heterocycles. The maximum Gasteiger partial charge on any atom is 0.252 e. The lowest BCUT2D eigenvalue weighted by Gasteiger charge is -2.19. The summed E-state index contributed by atoms with van der Waals surface area (Å²) in [7, 11) is 0. The summed E-state index contributed by atoms with van der Waals surface area (Å²) in [5.41, 5.74) is 1.08. The third-order valence-electron chi connectivity index (χ3n) is 4.63. The van der Waals surface area contributed by atoms with E-state index < -0.39 is 6.04 Å². The Morgan fingerprint density at radius 3 is 3.04 bits per heavy atom. The van der Waals surface area contributed by atoms with Crippen LogP contribution in [0.15, 0.2) is 30.5 Å². The third kappa shape index (κ3) is 4.52. The first-order valence-electron chi connectivity index (χ1n) is 9.19. The highest BCUT2D eigenvalue weighted by Crippen LogP contribution is 2.23. The number of fused-ring (bicyclic) bond motifs is 1. The molecule has 1 saturated heterocycles. The average molecular weight is 401 g/mol. The number of hydrogen-bond acceptors (Lipinski definition) is 5. The van der Waals surface area contributed by atoms with E-state index >= 15 is 0 Å². The lowest BCUT2D eigenvalue weighted by Crippen LogP contribution is -2.42. The summed E-state index contributed by atoms with van der Waals surface area (Å²) >= 11 is 5.66. The number of carbonyl (C=O) groups excluding carboxylic acids is 2. The first kappa shape index (κ1) is 19.9. The fraction of sp³-hybridized carbons (Fsp3) is 0.400. The topological polar surface area (TPSA) is 95.3 Å². The van der Waals surface area contributed by atoms with E-state index in [1.54, 1.807) is 30.5 Å². The smallest absolute Gasteiger partial charge is 0.252 e. The monoisotopic (exact) mass is 400 g/mol. The number of hydrogen-bond donors (Lipinski definition) is 1. The Balaban J connectivity index is 1.71. The molecule has 28 heavy (non-hydrogen) atoms. The van der Waals surface area contributed by atoms with Gasteiger partial charge in [-0.3, -0.25) is 14.6 Å². The van der Waals surface area contributed by atoms with E-state index in [1.807, 2.05) is 0 Å². The van der Waals surface area contributed by atoms with Gasteiger partial charge < -0.3 is 15.0 Å². The Kier molecular flexibility index (Phi) is 6.66. The van der Waals surface area contributed by atoms with Gasteiger partial charge in [-0.15, -0.1) is 11.6 Å². The quantitative estimate of drug-likeness (QED) is 0.569. The van der Waals surface area contributed by atoms with Gasteiger partial charge in [-0.05, 0) is 43.5 Å². The number of ether oxygens (including phenoxy) is 1. The standard InChI is InChI=1S/C20H21ClN4O3/c21-7-2-10-28-15-4-5-18-17(11-15)16(6-8-23-18)20(27)24-13-19(26)25-9-1-3-14(25)12-22/h4-6,8,11,14H,1-3,7,9-10,13H2,(H,24,27)/t14-/m0/s1. The lowest BCUT2D eigenvalue weighted by atomic mass is 10.1. The van der Waals surface area contributed by atoms with Crippen molar-refractivity contribution in [1.82, 2.24) is 15.2 Å². The van der Waals surface area contributed by atoms with Crippen molar-refractivity contribution in [3.63, 3.8) is 0 Å². The maximum absolute atomic E-state index is 12.7. The second kappa shape index (κ2) is 9.38. The summed E-state index contributed by atoms with van der Waals surface area (Å²) in [6.45, 7) is 0.891. The van der Waals surface area contributed by atoms with Gasteiger partial charge in [0.25, 0.3) is 5.91 Å². The van der Waals surface area contributed by atoms with Crippen LogP contribution in [0.4, 0.5) is 0 Å². The Hall–Kier alpha value is -2.85. The van der Waals surface area contributed by atoms with E-state index in [4.69, 9.17) is 21.6 Å². The molecule has 1 fully saturated rings. The van der Waals surface area contributed by atoms with Gasteiger partial charge in [-0.2, -0.15) is 5.26 Å². The first-order valence-corrected chi connectivity index (χ1v) is 9.72. The van der Waals surface area contributed by atoms with Gasteiger partial charge >= 0.3 is 0 Å². The van der Waals surface area contributed by atoms with Crippen LogP contribution in [0, 0.1) is 11.3 Å². The number of amides is 2. The summed E-state index contributed by atoms with van der Waals surface area (Å²) in [4.78, 5) is 30.8. The largest absolute Gasteiger partial charge is 0.494 e. The number of likely N-dealkylation sites (tertiary alicyclic amines) is 1. The number of pyridine rings is 1. The number of nitrogens with zero attached hydrogens (tertiary/aromatic N) is 3. The predicted octanol–water partition coefficient (Wildman–Crippen LogP) is 2.49. The Morgan fingerprint density at radius 2 is 2.25 bits per heavy atom. The molecule has 1 aliphatic heterocycles. The van der Waals surface area contributed by atoms with Crippen molar-refractivity contribution in [3.8, 4) is 11.8 Å². The fourth-order valence-electron chi connectivity index (χ4n) is 3.21. The van der Waals surface area contributed by atoms with Crippen LogP contribution in [-0.2, 0) is 4.79 Å². The molecule has 146 valence electrons. The van der Waals surface area contributed by atoms with E-state index in [0.717, 1.165) is 12.8 Å². The van der Waals surface area contributed by atoms with Crippen molar-refractivity contribution in [2.24, 2.45) is 0 Å². The number of benzene rings is 1. The molecule has 7 nitrogen and oxygen atoms in total. The van der Waals surface area contributed by atoms with Crippen LogP contribution in [0.25, 0.3) is 10.9 Å². The second-order valence-corrected chi connectivity index (χ2v) is 6.86. The van der Waals surface area contributed by atoms with Crippen LogP contribution in [0.2, 0.25) is 0 Å². The molecule has 1 N–H and O–H groups in total. The highest BCUT2D eigenvalue weighted by Gasteiger charge is 2.28. The molecule has 2 amide bonds. The molecule has 0 spiro atoms. The summed E-state index contributed by atoms with van der Waals surface area (Å²) in [6, 6.07) is 8.68. The summed E-state index contributed by atoms with van der Waals surface area (Å²) in [5.74, 6) is 0.525. The molecular formula is C20H21ClN4O3. The number of aromatic nitrogens is 1. The molecule has 0 radical (unpaired) electrons. The zero-order valence-corrected chi connectivity index (χ0v) is 16.1. The van der Waals surface area contributed by atoms with Gasteiger partial charge in [0.2, 0.25) is 5.91 Å². The van der Waals surface area contributed by atoms with E-state index in [-0.39, 0.29) is 18.4 Å². The van der Waals surface area contributed by atoms with Crippen LogP contribution in [0.5, 0.6) is 5.75 Å². The van der Waals surface area contributed by atoms with Crippen molar-refractivity contribution >= 4 is 34.3 Å². The van der Waals surface area contributed by atoms with Crippen molar-refractivity contribution in [3.05, 3.63) is 36.0 Å². The number of nitrogens with one attached hydrogen (secondary N) is 1. The van der Waals surface area contributed by atoms with Crippen LogP contribution >= 0.6 is 11.6 Å². The minimum absolute atomic E-state index is 0.146. The van der Waals surface area contributed by atoms with Crippen molar-refractivity contribution in [1.29, 1.82) is 5.26 Å². The number of rotatable bonds is 7. The molecule has 0 unspecified atom stereocenters. The number of halogens is 1. The number of nitriles is 1. The van der Waals surface area contributed by atoms with Crippen molar-refractivity contribution < 1.29 is 14.3 Å². The van der Waals surface area contributed by atoms with E-state index in [9.17, 15) is 9.59 Å². The van der Waals surface area contributed by atoms with Crippen molar-refractivity contribution in [2.45, 2.75) is 25.3 Å². The van der Waals surface area contributed by atoms with E-state index in [2.05, 4.69) is 16.4 Å². The van der Waals surface area contributed by atoms with Crippen molar-refractivity contribution in [2.75, 3.05) is 25.6 Å². The number of alkyl halides is 1. The zero-order valence-electron chi connectivity index (χ0n) is 15.4. The zero-order chi connectivity index (χ0) is 19.9. The molecule has 1 atom stereocenters. The molecule has 1 aromatic heterocycles. The highest BCUT2D eigenvalue weighted by atomic mass is 35.5. The summed E-state index contributed by atoms with van der Waals surface area (Å²) < 4.78 is 5.64. The molecule has 8 heteroatoms. The minimum Gasteiger partial charge on any atom is -0.494 e. The summed E-state index contributed by atoms with van der Waals surface area (Å²) in [6.07, 6.45) is 3.76. The van der Waals surface area contributed by atoms with E-state index in [1.165, 1.54) is 4.90 Å². The molecular weight excluding hydrogens is 380 g/mol. The van der Waals surface area contributed by atoms with Crippen LogP contribution in [0.3, 0.4) is 0 Å². The molecule has 3 rings (SSSR count). The van der Waals surface area contributed by atoms with Gasteiger partial charge in [0, 0.05) is 24.0 Å². The highest BCUT2D eigenvalue weighted by molar-refractivity contribution is 6.17. The second-order valence-electron chi connectivity index (χ2n) is 6.49. The molecule has 2 aromatic rings. The van der Waals surface area contributed by atoms with Crippen LogP contribution < -0.4 is 10.1 Å². The van der Waals surface area contributed by atoms with Crippen LogP contribution in [-0.4, -0.2) is 53.3 Å². The minimum atomic E-state index is -0.404. The predicted molar refractivity (Wildman–Crippen MR) is 105 cm³/mol. The summed E-state index contributed by atoms with van der Waals surface area (Å²) in [5, 5.41) is 12.4. The normalized spacial score (nSPS) is 16.0. The first-order chi connectivity index (χ1) is 13.6. The third-order valence-corrected chi connectivity index (χ3v) is 4.89. The Morgan fingerprint density at radius 1 is 1.39 bits per heavy atom. The molecule has 1 aliphatic rings. The van der Waals surface area contributed by atoms with E-state index in [0.29, 0.717) is 47.7 Å². The lowest BCUT2D eigenvalue weighted by molar-refractivity contribution is -0.130.